The topological polar surface area (TPSA) is 96.6 Å². The van der Waals surface area contributed by atoms with Crippen LogP contribution in [0.2, 0.25) is 0 Å². The second-order valence-corrected chi connectivity index (χ2v) is 13.6. The van der Waals surface area contributed by atoms with E-state index in [0.717, 1.165) is 45.1 Å². The first kappa shape index (κ1) is 42.7. The van der Waals surface area contributed by atoms with Crippen molar-refractivity contribution >= 4 is 17.7 Å². The number of aliphatic hydroxyl groups excluding tert-OH is 1. The minimum atomic E-state index is -1.01. The lowest BCUT2D eigenvalue weighted by molar-refractivity contribution is -0.697. The fourth-order valence-electron chi connectivity index (χ4n) is 5.96. The number of aryl methyl sites for hydroxylation is 1. The molecule has 1 amide bonds. The third kappa shape index (κ3) is 28.4. The van der Waals surface area contributed by atoms with E-state index in [2.05, 4.69) is 47.4 Å². The Hall–Kier alpha value is -2.28. The van der Waals surface area contributed by atoms with Gasteiger partial charge in [-0.2, -0.15) is 0 Å². The number of amides is 1. The Morgan fingerprint density at radius 2 is 1.02 bits per heavy atom. The van der Waals surface area contributed by atoms with Crippen LogP contribution < -0.4 is 9.88 Å². The van der Waals surface area contributed by atoms with Crippen LogP contribution >= 0.6 is 0 Å². The molecule has 1 atom stereocenters. The summed E-state index contributed by atoms with van der Waals surface area (Å²) in [6.45, 7) is 3.10. The molecular formula is C40H71N2O5+. The number of pyridine rings is 1. The maximum absolute atomic E-state index is 12.1. The third-order valence-corrected chi connectivity index (χ3v) is 9.02. The van der Waals surface area contributed by atoms with Crippen LogP contribution in [0.1, 0.15) is 180 Å². The molecule has 1 aromatic heterocycles. The van der Waals surface area contributed by atoms with Crippen molar-refractivity contribution in [1.29, 1.82) is 0 Å². The first-order valence-corrected chi connectivity index (χ1v) is 19.6. The van der Waals surface area contributed by atoms with Gasteiger partial charge >= 0.3 is 5.97 Å². The van der Waals surface area contributed by atoms with Crippen LogP contribution in [0.5, 0.6) is 0 Å². The van der Waals surface area contributed by atoms with Gasteiger partial charge in [-0.3, -0.25) is 14.4 Å². The van der Waals surface area contributed by atoms with Crippen molar-refractivity contribution in [2.75, 3.05) is 13.2 Å². The van der Waals surface area contributed by atoms with Gasteiger partial charge < -0.3 is 15.2 Å². The first-order valence-electron chi connectivity index (χ1n) is 19.6. The van der Waals surface area contributed by atoms with Crippen molar-refractivity contribution in [1.82, 2.24) is 5.32 Å². The van der Waals surface area contributed by atoms with Crippen molar-refractivity contribution in [3.63, 3.8) is 0 Å². The summed E-state index contributed by atoms with van der Waals surface area (Å²) in [5, 5.41) is 12.5. The Morgan fingerprint density at radius 3 is 1.51 bits per heavy atom. The molecule has 0 aliphatic rings. The van der Waals surface area contributed by atoms with Gasteiger partial charge in [0.2, 0.25) is 5.78 Å². The number of aromatic nitrogens is 1. The molecule has 0 saturated carbocycles. The van der Waals surface area contributed by atoms with Gasteiger partial charge in [0, 0.05) is 37.9 Å². The predicted molar refractivity (Wildman–Crippen MR) is 192 cm³/mol. The summed E-state index contributed by atoms with van der Waals surface area (Å²) in [7, 11) is 0. The summed E-state index contributed by atoms with van der Waals surface area (Å²) in [5.41, 5.74) is 0. The molecule has 0 radical (unpaired) electrons. The van der Waals surface area contributed by atoms with E-state index in [9.17, 15) is 19.5 Å². The smallest absolute Gasteiger partial charge is 0.305 e. The van der Waals surface area contributed by atoms with Gasteiger partial charge in [0.25, 0.3) is 5.91 Å². The molecule has 1 unspecified atom stereocenters. The van der Waals surface area contributed by atoms with E-state index in [1.165, 1.54) is 122 Å². The van der Waals surface area contributed by atoms with Gasteiger partial charge in [0.05, 0.1) is 0 Å². The highest BCUT2D eigenvalue weighted by Gasteiger charge is 2.15. The maximum Gasteiger partial charge on any atom is 0.305 e. The van der Waals surface area contributed by atoms with Crippen molar-refractivity contribution < 1.29 is 28.8 Å². The lowest BCUT2D eigenvalue weighted by atomic mass is 10.0. The molecule has 1 heterocycles. The summed E-state index contributed by atoms with van der Waals surface area (Å²) in [6.07, 6.45) is 34.4. The van der Waals surface area contributed by atoms with Crippen LogP contribution in [-0.2, 0) is 25.7 Å². The SMILES string of the molecule is CCCCCCCCCCCCCCC(=O)C(=O)NCC(O)COC(=O)CCCCCCCCCCCCCCC[n+]1ccccc1. The summed E-state index contributed by atoms with van der Waals surface area (Å²) in [6, 6.07) is 6.24. The van der Waals surface area contributed by atoms with Gasteiger partial charge in [0.1, 0.15) is 19.3 Å². The Balaban J connectivity index is 1.83. The molecular weight excluding hydrogens is 588 g/mol. The van der Waals surface area contributed by atoms with Gasteiger partial charge in [0.15, 0.2) is 12.4 Å². The molecule has 7 heteroatoms. The van der Waals surface area contributed by atoms with Crippen molar-refractivity contribution in [3.05, 3.63) is 30.6 Å². The minimum Gasteiger partial charge on any atom is -0.463 e. The van der Waals surface area contributed by atoms with E-state index < -0.39 is 17.8 Å². The van der Waals surface area contributed by atoms with E-state index in [4.69, 9.17) is 4.74 Å². The Morgan fingerprint density at radius 1 is 0.596 bits per heavy atom. The lowest BCUT2D eigenvalue weighted by Gasteiger charge is -2.12. The lowest BCUT2D eigenvalue weighted by Crippen LogP contribution is -2.38. The fourth-order valence-corrected chi connectivity index (χ4v) is 5.96. The number of carbonyl (C=O) groups excluding carboxylic acids is 3. The van der Waals surface area contributed by atoms with E-state index in [0.29, 0.717) is 6.42 Å². The molecule has 0 aliphatic carbocycles. The zero-order valence-corrected chi connectivity index (χ0v) is 30.2. The summed E-state index contributed by atoms with van der Waals surface area (Å²) >= 11 is 0. The standard InChI is InChI=1S/C40H70N2O5/c1-2-3-4-5-6-7-8-12-15-18-21-25-30-38(44)40(46)41-35-37(43)36-47-39(45)31-26-22-19-16-13-10-9-11-14-17-20-23-27-32-42-33-28-24-29-34-42/h24,28-29,33-34,37,43H,2-23,25-27,30-32,35-36H2,1H3/p+1. The van der Waals surface area contributed by atoms with Gasteiger partial charge in [-0.25, -0.2) is 4.57 Å². The number of rotatable bonds is 34. The number of ether oxygens (including phenoxy) is 1. The number of nitrogens with zero attached hydrogens (tertiary/aromatic N) is 1. The first-order chi connectivity index (χ1) is 23.0. The highest BCUT2D eigenvalue weighted by Crippen LogP contribution is 2.14. The molecule has 47 heavy (non-hydrogen) atoms. The number of hydrogen-bond acceptors (Lipinski definition) is 5. The average molecular weight is 660 g/mol. The van der Waals surface area contributed by atoms with Crippen LogP contribution in [0.25, 0.3) is 0 Å². The number of Topliss-reactive ketones (excluding diaryl/α,β-unsaturated/α-hetero) is 1. The third-order valence-electron chi connectivity index (χ3n) is 9.02. The van der Waals surface area contributed by atoms with Gasteiger partial charge in [-0.05, 0) is 19.3 Å². The van der Waals surface area contributed by atoms with Crippen LogP contribution in [0, 0.1) is 0 Å². The number of hydrogen-bond donors (Lipinski definition) is 2. The van der Waals surface area contributed by atoms with Crippen LogP contribution in [0.3, 0.4) is 0 Å². The van der Waals surface area contributed by atoms with E-state index in [1.54, 1.807) is 0 Å². The number of aliphatic hydroxyl groups is 1. The number of ketones is 1. The molecule has 7 nitrogen and oxygen atoms in total. The molecule has 1 rings (SSSR count). The molecule has 0 saturated heterocycles. The monoisotopic (exact) mass is 660 g/mol. The van der Waals surface area contributed by atoms with E-state index >= 15 is 0 Å². The van der Waals surface area contributed by atoms with Crippen LogP contribution in [0.4, 0.5) is 0 Å². The van der Waals surface area contributed by atoms with Gasteiger partial charge in [-0.1, -0.05) is 148 Å². The Kier molecular flexibility index (Phi) is 29.4. The molecule has 0 aromatic carbocycles. The minimum absolute atomic E-state index is 0.0930. The zero-order valence-electron chi connectivity index (χ0n) is 30.2. The van der Waals surface area contributed by atoms with E-state index in [-0.39, 0.29) is 25.5 Å². The summed E-state index contributed by atoms with van der Waals surface area (Å²) < 4.78 is 7.41. The molecule has 0 spiro atoms. The normalized spacial score (nSPS) is 11.8. The summed E-state index contributed by atoms with van der Waals surface area (Å²) in [5.74, 6) is -1.43. The highest BCUT2D eigenvalue weighted by molar-refractivity contribution is 6.36. The Bertz CT molecular complexity index is 879. The number of carbonyl (C=O) groups is 3. The quantitative estimate of drug-likeness (QED) is 0.0333. The second kappa shape index (κ2) is 32.3. The number of esters is 1. The maximum atomic E-state index is 12.1. The second-order valence-electron chi connectivity index (χ2n) is 13.6. The predicted octanol–water partition coefficient (Wildman–Crippen LogP) is 9.12. The molecule has 1 aromatic rings. The molecule has 0 fully saturated rings. The van der Waals surface area contributed by atoms with E-state index in [1.807, 2.05) is 0 Å². The number of unbranched alkanes of at least 4 members (excludes halogenated alkanes) is 23. The highest BCUT2D eigenvalue weighted by atomic mass is 16.5. The fraction of sp³-hybridized carbons (Fsp3) is 0.800. The molecule has 0 aliphatic heterocycles. The van der Waals surface area contributed by atoms with Crippen LogP contribution in [-0.4, -0.2) is 42.0 Å². The zero-order chi connectivity index (χ0) is 34.0. The average Bonchev–Trinajstić information content (AvgIpc) is 3.08. The molecule has 270 valence electrons. The Labute approximate surface area is 288 Å². The number of nitrogens with one attached hydrogen (secondary N) is 1. The van der Waals surface area contributed by atoms with Crippen molar-refractivity contribution in [2.45, 2.75) is 193 Å². The largest absolute Gasteiger partial charge is 0.463 e. The molecule has 2 N–H and O–H groups in total. The van der Waals surface area contributed by atoms with Gasteiger partial charge in [-0.15, -0.1) is 0 Å². The van der Waals surface area contributed by atoms with Crippen molar-refractivity contribution in [3.8, 4) is 0 Å². The van der Waals surface area contributed by atoms with Crippen LogP contribution in [0.15, 0.2) is 30.6 Å². The summed E-state index contributed by atoms with van der Waals surface area (Å²) in [4.78, 5) is 36.1. The molecule has 0 bridgehead atoms. The van der Waals surface area contributed by atoms with Crippen molar-refractivity contribution in [2.24, 2.45) is 0 Å².